The molecule has 11 heteroatoms. The lowest BCUT2D eigenvalue weighted by Gasteiger charge is -2.24. The quantitative estimate of drug-likeness (QED) is 0.0309. The largest absolute Gasteiger partial charge is 0.481 e. The van der Waals surface area contributed by atoms with Crippen LogP contribution in [0.2, 0.25) is 0 Å². The molecule has 60 heavy (non-hydrogen) atoms. The molecule has 2 amide bonds. The lowest BCUT2D eigenvalue weighted by Crippen LogP contribution is -2.50. The number of nitrogens with one attached hydrogen (secondary N) is 2. The Labute approximate surface area is 366 Å². The minimum atomic E-state index is -1.19. The molecule has 0 aliphatic carbocycles. The standard InChI is InChI=1S/C49H92N2O9/c1-6-8-10-12-14-16-18-20-22-24-26-28-30-32-34-36-45(54)58-41-42(40-50-47(56)43(38-39-44(52)53)51-48(57)60-49(3,4)5)59-46(55)37-35-33-31-29-27-25-23-21-19-17-15-13-11-9-7-2/h42-43H,6-41H2,1-5H3,(H,50,56)(H,51,57)(H,52,53). The minimum absolute atomic E-state index is 0.168. The summed E-state index contributed by atoms with van der Waals surface area (Å²) in [6.07, 6.45) is 35.0. The van der Waals surface area contributed by atoms with Gasteiger partial charge in [-0.15, -0.1) is 0 Å². The van der Waals surface area contributed by atoms with Gasteiger partial charge in [0.2, 0.25) is 5.91 Å². The number of carbonyl (C=O) groups is 5. The van der Waals surface area contributed by atoms with Crippen molar-refractivity contribution in [3.8, 4) is 0 Å². The van der Waals surface area contributed by atoms with Crippen LogP contribution < -0.4 is 10.6 Å². The molecule has 0 saturated carbocycles. The van der Waals surface area contributed by atoms with Gasteiger partial charge in [-0.05, 0) is 40.0 Å². The second-order valence-electron chi connectivity index (χ2n) is 18.1. The molecule has 0 aromatic carbocycles. The van der Waals surface area contributed by atoms with Crippen LogP contribution in [-0.4, -0.2) is 65.9 Å². The van der Waals surface area contributed by atoms with Crippen LogP contribution in [0, 0.1) is 0 Å². The summed E-state index contributed by atoms with van der Waals surface area (Å²) in [5.41, 5.74) is -0.819. The van der Waals surface area contributed by atoms with Gasteiger partial charge in [-0.3, -0.25) is 19.2 Å². The molecule has 0 rings (SSSR count). The molecule has 0 fully saturated rings. The Hall–Kier alpha value is -2.85. The summed E-state index contributed by atoms with van der Waals surface area (Å²) in [6.45, 7) is 9.15. The van der Waals surface area contributed by atoms with Crippen molar-refractivity contribution in [3.63, 3.8) is 0 Å². The van der Waals surface area contributed by atoms with Crippen LogP contribution in [0.1, 0.15) is 253 Å². The highest BCUT2D eigenvalue weighted by Crippen LogP contribution is 2.16. The van der Waals surface area contributed by atoms with Crippen LogP contribution >= 0.6 is 0 Å². The topological polar surface area (TPSA) is 157 Å². The highest BCUT2D eigenvalue weighted by Gasteiger charge is 2.26. The van der Waals surface area contributed by atoms with Crippen LogP contribution in [-0.2, 0) is 33.4 Å². The molecular weight excluding hydrogens is 761 g/mol. The lowest BCUT2D eigenvalue weighted by molar-refractivity contribution is -0.159. The van der Waals surface area contributed by atoms with E-state index in [1.165, 1.54) is 148 Å². The third-order valence-corrected chi connectivity index (χ3v) is 10.9. The number of amides is 2. The molecular formula is C49H92N2O9. The molecule has 0 spiro atoms. The maximum atomic E-state index is 13.2. The van der Waals surface area contributed by atoms with Gasteiger partial charge in [-0.25, -0.2) is 4.79 Å². The second kappa shape index (κ2) is 40.2. The Balaban J connectivity index is 4.73. The van der Waals surface area contributed by atoms with Crippen molar-refractivity contribution in [2.45, 2.75) is 271 Å². The highest BCUT2D eigenvalue weighted by molar-refractivity contribution is 5.86. The smallest absolute Gasteiger partial charge is 0.408 e. The fourth-order valence-electron chi connectivity index (χ4n) is 7.24. The maximum absolute atomic E-state index is 13.2. The van der Waals surface area contributed by atoms with E-state index in [0.29, 0.717) is 6.42 Å². The van der Waals surface area contributed by atoms with E-state index >= 15 is 0 Å². The molecule has 352 valence electrons. The van der Waals surface area contributed by atoms with Gasteiger partial charge in [0.25, 0.3) is 0 Å². The lowest BCUT2D eigenvalue weighted by atomic mass is 10.0. The SMILES string of the molecule is CCCCCCCCCCCCCCCCCC(=O)OCC(CNC(=O)C(CCC(=O)O)NC(=O)OC(C)(C)C)OC(=O)CCCCCCCCCCCCCCCCC. The Bertz CT molecular complexity index is 1080. The van der Waals surface area contributed by atoms with E-state index in [0.717, 1.165) is 38.5 Å². The molecule has 11 nitrogen and oxygen atoms in total. The Morgan fingerprint density at radius 2 is 0.883 bits per heavy atom. The van der Waals surface area contributed by atoms with E-state index in [9.17, 15) is 29.1 Å². The van der Waals surface area contributed by atoms with E-state index in [-0.39, 0.29) is 44.8 Å². The highest BCUT2D eigenvalue weighted by atomic mass is 16.6. The first-order valence-corrected chi connectivity index (χ1v) is 24.7. The number of hydrogen-bond acceptors (Lipinski definition) is 8. The zero-order chi connectivity index (χ0) is 44.5. The number of esters is 2. The van der Waals surface area contributed by atoms with Gasteiger partial charge in [0, 0.05) is 19.3 Å². The zero-order valence-electron chi connectivity index (χ0n) is 39.3. The van der Waals surface area contributed by atoms with Crippen LogP contribution in [0.3, 0.4) is 0 Å². The minimum Gasteiger partial charge on any atom is -0.481 e. The number of unbranched alkanes of at least 4 members (excludes halogenated alkanes) is 28. The predicted molar refractivity (Wildman–Crippen MR) is 243 cm³/mol. The predicted octanol–water partition coefficient (Wildman–Crippen LogP) is 12.8. The van der Waals surface area contributed by atoms with Crippen molar-refractivity contribution in [1.82, 2.24) is 10.6 Å². The monoisotopic (exact) mass is 853 g/mol. The van der Waals surface area contributed by atoms with Gasteiger partial charge in [0.15, 0.2) is 6.10 Å². The summed E-state index contributed by atoms with van der Waals surface area (Å²) in [5.74, 6) is -2.60. The number of carboxylic acid groups (broad SMARTS) is 1. The van der Waals surface area contributed by atoms with Crippen molar-refractivity contribution in [2.24, 2.45) is 0 Å². The Morgan fingerprint density at radius 3 is 1.25 bits per heavy atom. The molecule has 0 aliphatic rings. The first-order chi connectivity index (χ1) is 28.9. The number of ether oxygens (including phenoxy) is 3. The van der Waals surface area contributed by atoms with Gasteiger partial charge < -0.3 is 30.0 Å². The van der Waals surface area contributed by atoms with Crippen molar-refractivity contribution in [2.75, 3.05) is 13.2 Å². The average molecular weight is 853 g/mol. The molecule has 2 unspecified atom stereocenters. The van der Waals surface area contributed by atoms with Gasteiger partial charge in [-0.1, -0.05) is 194 Å². The first kappa shape index (κ1) is 57.1. The van der Waals surface area contributed by atoms with Crippen molar-refractivity contribution in [3.05, 3.63) is 0 Å². The van der Waals surface area contributed by atoms with Crippen LogP contribution in [0.15, 0.2) is 0 Å². The van der Waals surface area contributed by atoms with Gasteiger partial charge in [0.05, 0.1) is 6.54 Å². The average Bonchev–Trinajstić information content (AvgIpc) is 3.19. The summed E-state index contributed by atoms with van der Waals surface area (Å²) in [7, 11) is 0. The molecule has 0 saturated heterocycles. The summed E-state index contributed by atoms with van der Waals surface area (Å²) in [4.78, 5) is 62.4. The van der Waals surface area contributed by atoms with E-state index in [2.05, 4.69) is 24.5 Å². The third-order valence-electron chi connectivity index (χ3n) is 10.9. The third kappa shape index (κ3) is 40.6. The molecule has 0 bridgehead atoms. The van der Waals surface area contributed by atoms with Crippen LogP contribution in [0.5, 0.6) is 0 Å². The zero-order valence-corrected chi connectivity index (χ0v) is 39.3. The molecule has 0 heterocycles. The molecule has 0 aliphatic heterocycles. The fourth-order valence-corrected chi connectivity index (χ4v) is 7.24. The maximum Gasteiger partial charge on any atom is 0.408 e. The Kier molecular flexibility index (Phi) is 38.3. The van der Waals surface area contributed by atoms with Crippen LogP contribution in [0.4, 0.5) is 4.79 Å². The van der Waals surface area contributed by atoms with E-state index < -0.39 is 41.7 Å². The number of hydrogen-bond donors (Lipinski definition) is 3. The number of aliphatic carboxylic acids is 1. The summed E-state index contributed by atoms with van der Waals surface area (Å²) < 4.78 is 16.5. The Morgan fingerprint density at radius 1 is 0.517 bits per heavy atom. The van der Waals surface area contributed by atoms with Gasteiger partial charge in [-0.2, -0.15) is 0 Å². The number of rotatable bonds is 42. The van der Waals surface area contributed by atoms with Gasteiger partial charge in [0.1, 0.15) is 18.2 Å². The van der Waals surface area contributed by atoms with E-state index in [4.69, 9.17) is 14.2 Å². The molecule has 2 atom stereocenters. The summed E-state index contributed by atoms with van der Waals surface area (Å²) in [6, 6.07) is -1.19. The van der Waals surface area contributed by atoms with Gasteiger partial charge >= 0.3 is 24.0 Å². The number of carboxylic acids is 1. The van der Waals surface area contributed by atoms with Crippen LogP contribution in [0.25, 0.3) is 0 Å². The normalized spacial score (nSPS) is 12.4. The second-order valence-corrected chi connectivity index (χ2v) is 18.1. The molecule has 3 N–H and O–H groups in total. The van der Waals surface area contributed by atoms with Crippen molar-refractivity contribution < 1.29 is 43.3 Å². The van der Waals surface area contributed by atoms with E-state index in [1.54, 1.807) is 20.8 Å². The molecule has 0 aromatic heterocycles. The fraction of sp³-hybridized carbons (Fsp3) is 0.898. The summed E-state index contributed by atoms with van der Waals surface area (Å²) >= 11 is 0. The first-order valence-electron chi connectivity index (χ1n) is 24.7. The molecule has 0 aromatic rings. The summed E-state index contributed by atoms with van der Waals surface area (Å²) in [5, 5.41) is 14.3. The number of alkyl carbamates (subject to hydrolysis) is 1. The van der Waals surface area contributed by atoms with Crippen molar-refractivity contribution in [1.29, 1.82) is 0 Å². The number of carbonyl (C=O) groups excluding carboxylic acids is 4. The molecule has 0 radical (unpaired) electrons. The van der Waals surface area contributed by atoms with E-state index in [1.807, 2.05) is 0 Å². The van der Waals surface area contributed by atoms with Crippen molar-refractivity contribution >= 4 is 29.9 Å².